The van der Waals surface area contributed by atoms with E-state index in [0.29, 0.717) is 23.5 Å². The van der Waals surface area contributed by atoms with Gasteiger partial charge in [-0.25, -0.2) is 8.42 Å². The third-order valence-electron chi connectivity index (χ3n) is 5.38. The molecule has 1 N–H and O–H groups in total. The van der Waals surface area contributed by atoms with E-state index in [0.717, 1.165) is 24.1 Å². The van der Waals surface area contributed by atoms with Gasteiger partial charge in [-0.1, -0.05) is 18.2 Å². The zero-order valence-corrected chi connectivity index (χ0v) is 18.7. The van der Waals surface area contributed by atoms with Crippen LogP contribution in [0.25, 0.3) is 0 Å². The average molecular weight is 453 g/mol. The number of nitrogens with one attached hydrogen (secondary N) is 1. The predicted molar refractivity (Wildman–Crippen MR) is 123 cm³/mol. The number of aryl methyl sites for hydroxylation is 1. The number of benzene rings is 3. The van der Waals surface area contributed by atoms with Gasteiger partial charge in [-0.3, -0.25) is 9.52 Å². The summed E-state index contributed by atoms with van der Waals surface area (Å²) in [5.41, 5.74) is 2.75. The maximum absolute atomic E-state index is 13.1. The van der Waals surface area contributed by atoms with Crippen molar-refractivity contribution < 1.29 is 22.7 Å². The van der Waals surface area contributed by atoms with Crippen molar-refractivity contribution in [1.82, 2.24) is 0 Å². The molecule has 1 heterocycles. The molecule has 0 radical (unpaired) electrons. The maximum atomic E-state index is 13.1. The van der Waals surface area contributed by atoms with Crippen LogP contribution in [0.2, 0.25) is 0 Å². The highest BCUT2D eigenvalue weighted by Crippen LogP contribution is 2.33. The normalized spacial score (nSPS) is 13.2. The lowest BCUT2D eigenvalue weighted by Crippen LogP contribution is -2.35. The molecular formula is C24H24N2O5S. The number of nitrogens with zero attached hydrogens (tertiary/aromatic N) is 1. The van der Waals surface area contributed by atoms with Crippen molar-refractivity contribution in [3.8, 4) is 11.5 Å². The van der Waals surface area contributed by atoms with Crippen molar-refractivity contribution in [3.05, 3.63) is 77.9 Å². The molecule has 0 unspecified atom stereocenters. The number of ether oxygens (including phenoxy) is 2. The van der Waals surface area contributed by atoms with Crippen LogP contribution in [-0.2, 0) is 16.4 Å². The van der Waals surface area contributed by atoms with Gasteiger partial charge in [0.15, 0.2) is 0 Å². The largest absolute Gasteiger partial charge is 0.497 e. The molecule has 1 aliphatic rings. The minimum absolute atomic E-state index is 0.0158. The lowest BCUT2D eigenvalue weighted by atomic mass is 10.00. The topological polar surface area (TPSA) is 84.9 Å². The summed E-state index contributed by atoms with van der Waals surface area (Å²) in [5.74, 6) is 0.559. The van der Waals surface area contributed by atoms with Crippen LogP contribution in [0.4, 0.5) is 11.4 Å². The van der Waals surface area contributed by atoms with Gasteiger partial charge in [0.05, 0.1) is 14.2 Å². The van der Waals surface area contributed by atoms with E-state index in [-0.39, 0.29) is 16.6 Å². The molecule has 4 rings (SSSR count). The fourth-order valence-corrected chi connectivity index (χ4v) is 5.05. The van der Waals surface area contributed by atoms with Gasteiger partial charge in [0, 0.05) is 29.5 Å². The second-order valence-corrected chi connectivity index (χ2v) is 9.04. The molecule has 0 bridgehead atoms. The first-order valence-electron chi connectivity index (χ1n) is 10.2. The van der Waals surface area contributed by atoms with Gasteiger partial charge >= 0.3 is 0 Å². The molecule has 166 valence electrons. The van der Waals surface area contributed by atoms with Crippen LogP contribution < -0.4 is 19.1 Å². The Kier molecular flexibility index (Phi) is 6.05. The van der Waals surface area contributed by atoms with Crippen molar-refractivity contribution in [1.29, 1.82) is 0 Å². The zero-order chi connectivity index (χ0) is 22.7. The Hall–Kier alpha value is -3.52. The van der Waals surface area contributed by atoms with Crippen molar-refractivity contribution in [2.45, 2.75) is 17.7 Å². The molecule has 0 saturated heterocycles. The number of carbonyl (C=O) groups is 1. The van der Waals surface area contributed by atoms with E-state index in [4.69, 9.17) is 9.47 Å². The summed E-state index contributed by atoms with van der Waals surface area (Å²) in [5, 5.41) is 0. The van der Waals surface area contributed by atoms with Crippen molar-refractivity contribution in [3.63, 3.8) is 0 Å². The van der Waals surface area contributed by atoms with Gasteiger partial charge in [-0.15, -0.1) is 0 Å². The SMILES string of the molecule is COc1ccc(OC)c(S(=O)(=O)Nc2ccc3c(c2)CCCN3C(=O)c2ccccc2)c1. The Balaban J connectivity index is 1.63. The lowest BCUT2D eigenvalue weighted by molar-refractivity contribution is 0.0985. The number of hydrogen-bond acceptors (Lipinski definition) is 5. The van der Waals surface area contributed by atoms with Crippen LogP contribution in [0.1, 0.15) is 22.3 Å². The average Bonchev–Trinajstić information content (AvgIpc) is 2.83. The maximum Gasteiger partial charge on any atom is 0.265 e. The molecule has 1 aliphatic heterocycles. The van der Waals surface area contributed by atoms with Crippen LogP contribution in [0, 0.1) is 0 Å². The standard InChI is InChI=1S/C24H24N2O5S/c1-30-20-11-13-22(31-2)23(16-20)32(28,29)25-19-10-12-21-18(15-19)9-6-14-26(21)24(27)17-7-4-3-5-8-17/h3-5,7-8,10-13,15-16,25H,6,9,14H2,1-2H3. The van der Waals surface area contributed by atoms with Crippen molar-refractivity contribution >= 4 is 27.3 Å². The summed E-state index contributed by atoms with van der Waals surface area (Å²) in [6.07, 6.45) is 1.55. The second-order valence-electron chi connectivity index (χ2n) is 7.39. The molecule has 0 fully saturated rings. The van der Waals surface area contributed by atoms with E-state index in [1.54, 1.807) is 47.4 Å². The van der Waals surface area contributed by atoms with Crippen molar-refractivity contribution in [2.75, 3.05) is 30.4 Å². The summed E-state index contributed by atoms with van der Waals surface area (Å²) in [6, 6.07) is 19.0. The smallest absolute Gasteiger partial charge is 0.265 e. The molecule has 0 atom stereocenters. The van der Waals surface area contributed by atoms with Crippen LogP contribution in [-0.4, -0.2) is 35.1 Å². The Morgan fingerprint density at radius 2 is 1.75 bits per heavy atom. The van der Waals surface area contributed by atoms with Gasteiger partial charge in [-0.05, 0) is 60.9 Å². The number of anilines is 2. The summed E-state index contributed by atoms with van der Waals surface area (Å²) in [7, 11) is -1.04. The first-order chi connectivity index (χ1) is 15.4. The first kappa shape index (κ1) is 21.7. The first-order valence-corrected chi connectivity index (χ1v) is 11.7. The van der Waals surface area contributed by atoms with Gasteiger partial charge in [0.2, 0.25) is 0 Å². The third kappa shape index (κ3) is 4.27. The Morgan fingerprint density at radius 1 is 0.969 bits per heavy atom. The fourth-order valence-electron chi connectivity index (χ4n) is 3.81. The molecule has 32 heavy (non-hydrogen) atoms. The summed E-state index contributed by atoms with van der Waals surface area (Å²) in [4.78, 5) is 14.7. The molecule has 3 aromatic carbocycles. The highest BCUT2D eigenvalue weighted by molar-refractivity contribution is 7.92. The molecule has 3 aromatic rings. The van der Waals surface area contributed by atoms with Crippen LogP contribution in [0.3, 0.4) is 0 Å². The van der Waals surface area contributed by atoms with Gasteiger partial charge in [0.1, 0.15) is 16.4 Å². The van der Waals surface area contributed by atoms with E-state index >= 15 is 0 Å². The molecule has 0 aromatic heterocycles. The van der Waals surface area contributed by atoms with Crippen LogP contribution in [0.15, 0.2) is 71.6 Å². The number of carbonyl (C=O) groups excluding carboxylic acids is 1. The van der Waals surface area contributed by atoms with Crippen molar-refractivity contribution in [2.24, 2.45) is 0 Å². The molecular weight excluding hydrogens is 428 g/mol. The Labute approximate surface area is 187 Å². The molecule has 0 saturated carbocycles. The molecule has 0 spiro atoms. The van der Waals surface area contributed by atoms with Gasteiger partial charge in [-0.2, -0.15) is 0 Å². The van der Waals surface area contributed by atoms with E-state index in [1.165, 1.54) is 20.3 Å². The van der Waals surface area contributed by atoms with E-state index < -0.39 is 10.0 Å². The highest BCUT2D eigenvalue weighted by Gasteiger charge is 2.25. The quantitative estimate of drug-likeness (QED) is 0.609. The Morgan fingerprint density at radius 3 is 2.47 bits per heavy atom. The summed E-state index contributed by atoms with van der Waals surface area (Å²) < 4.78 is 39.1. The zero-order valence-electron chi connectivity index (χ0n) is 17.9. The van der Waals surface area contributed by atoms with E-state index in [9.17, 15) is 13.2 Å². The fraction of sp³-hybridized carbons (Fsp3) is 0.208. The lowest BCUT2D eigenvalue weighted by Gasteiger charge is -2.30. The summed E-state index contributed by atoms with van der Waals surface area (Å²) >= 11 is 0. The van der Waals surface area contributed by atoms with Gasteiger partial charge < -0.3 is 14.4 Å². The number of methoxy groups -OCH3 is 2. The second kappa shape index (κ2) is 8.92. The minimum Gasteiger partial charge on any atom is -0.497 e. The molecule has 0 aliphatic carbocycles. The molecule has 1 amide bonds. The predicted octanol–water partition coefficient (Wildman–Crippen LogP) is 4.10. The Bertz CT molecular complexity index is 1240. The minimum atomic E-state index is -3.92. The van der Waals surface area contributed by atoms with E-state index in [1.807, 2.05) is 18.2 Å². The van der Waals surface area contributed by atoms with E-state index in [2.05, 4.69) is 4.72 Å². The van der Waals surface area contributed by atoms with Gasteiger partial charge in [0.25, 0.3) is 15.9 Å². The molecule has 7 nitrogen and oxygen atoms in total. The van der Waals surface area contributed by atoms with Crippen LogP contribution >= 0.6 is 0 Å². The number of rotatable bonds is 6. The molecule has 8 heteroatoms. The third-order valence-corrected chi connectivity index (χ3v) is 6.78. The summed E-state index contributed by atoms with van der Waals surface area (Å²) in [6.45, 7) is 0.618. The highest BCUT2D eigenvalue weighted by atomic mass is 32.2. The number of sulfonamides is 1. The number of amides is 1. The monoisotopic (exact) mass is 452 g/mol. The van der Waals surface area contributed by atoms with Crippen LogP contribution in [0.5, 0.6) is 11.5 Å². The number of fused-ring (bicyclic) bond motifs is 1. The number of hydrogen-bond donors (Lipinski definition) is 1.